The van der Waals surface area contributed by atoms with Gasteiger partial charge in [-0.25, -0.2) is 0 Å². The van der Waals surface area contributed by atoms with Crippen molar-refractivity contribution < 1.29 is 14.3 Å². The summed E-state index contributed by atoms with van der Waals surface area (Å²) in [5.74, 6) is 0.0828. The number of nitrogens with one attached hydrogen (secondary N) is 1. The van der Waals surface area contributed by atoms with E-state index in [1.54, 1.807) is 23.9 Å². The summed E-state index contributed by atoms with van der Waals surface area (Å²) in [6, 6.07) is -0.191. The third-order valence-electron chi connectivity index (χ3n) is 3.72. The molecule has 0 aromatic carbocycles. The lowest BCUT2D eigenvalue weighted by molar-refractivity contribution is -0.142. The van der Waals surface area contributed by atoms with Crippen LogP contribution in [0.2, 0.25) is 0 Å². The van der Waals surface area contributed by atoms with Gasteiger partial charge in [0.15, 0.2) is 0 Å². The summed E-state index contributed by atoms with van der Waals surface area (Å²) >= 11 is 0. The van der Waals surface area contributed by atoms with Crippen LogP contribution in [-0.2, 0) is 14.3 Å². The maximum absolute atomic E-state index is 12.3. The topological polar surface area (TPSA) is 61.9 Å². The Bertz CT molecular complexity index is 340. The molecular weight excluding hydrogens is 246 g/mol. The van der Waals surface area contributed by atoms with Gasteiger partial charge in [-0.3, -0.25) is 9.59 Å². The number of hydrogen-bond donors (Lipinski definition) is 1. The van der Waals surface area contributed by atoms with Gasteiger partial charge in [0.05, 0.1) is 13.2 Å². The maximum Gasteiger partial charge on any atom is 0.244 e. The van der Waals surface area contributed by atoms with E-state index in [1.807, 2.05) is 0 Å². The Morgan fingerprint density at radius 2 is 2.21 bits per heavy atom. The predicted molar refractivity (Wildman–Crippen MR) is 70.7 cm³/mol. The molecule has 2 atom stereocenters. The summed E-state index contributed by atoms with van der Waals surface area (Å²) in [5.41, 5.74) is 0. The summed E-state index contributed by atoms with van der Waals surface area (Å²) in [4.78, 5) is 27.7. The summed E-state index contributed by atoms with van der Waals surface area (Å²) in [5, 5.41) is 3.27. The molecule has 0 saturated carbocycles. The smallest absolute Gasteiger partial charge is 0.244 e. The van der Waals surface area contributed by atoms with Crippen LogP contribution in [-0.4, -0.2) is 74.1 Å². The van der Waals surface area contributed by atoms with Crippen LogP contribution in [0, 0.1) is 0 Å². The molecule has 2 fully saturated rings. The van der Waals surface area contributed by atoms with Crippen molar-refractivity contribution in [3.8, 4) is 0 Å². The second-order valence-electron chi connectivity index (χ2n) is 5.41. The van der Waals surface area contributed by atoms with Crippen molar-refractivity contribution in [1.29, 1.82) is 0 Å². The van der Waals surface area contributed by atoms with Crippen molar-refractivity contribution in [2.24, 2.45) is 0 Å². The molecule has 2 heterocycles. The van der Waals surface area contributed by atoms with Gasteiger partial charge in [0.2, 0.25) is 11.8 Å². The highest BCUT2D eigenvalue weighted by Crippen LogP contribution is 2.20. The van der Waals surface area contributed by atoms with Gasteiger partial charge < -0.3 is 19.9 Å². The zero-order valence-corrected chi connectivity index (χ0v) is 11.7. The standard InChI is InChI=1S/C13H23N3O3/c1-15(2)13(18)11-4-3-6-16(11)12(17)8-10-9-19-7-5-14-10/h10-11,14H,3-9H2,1-2H3. The lowest BCUT2D eigenvalue weighted by Gasteiger charge is -2.29. The molecule has 2 aliphatic heterocycles. The van der Waals surface area contributed by atoms with E-state index < -0.39 is 0 Å². The first-order valence-electron chi connectivity index (χ1n) is 6.91. The fourth-order valence-electron chi connectivity index (χ4n) is 2.70. The number of carbonyl (C=O) groups is 2. The van der Waals surface area contributed by atoms with Gasteiger partial charge >= 0.3 is 0 Å². The first-order chi connectivity index (χ1) is 9.09. The highest BCUT2D eigenvalue weighted by atomic mass is 16.5. The number of likely N-dealkylation sites (N-methyl/N-ethyl adjacent to an activating group) is 1. The Morgan fingerprint density at radius 3 is 2.84 bits per heavy atom. The van der Waals surface area contributed by atoms with Crippen LogP contribution in [0.15, 0.2) is 0 Å². The first kappa shape index (κ1) is 14.3. The average Bonchev–Trinajstić information content (AvgIpc) is 2.88. The van der Waals surface area contributed by atoms with Gasteiger partial charge in [0.25, 0.3) is 0 Å². The number of ether oxygens (including phenoxy) is 1. The number of likely N-dealkylation sites (tertiary alicyclic amines) is 1. The zero-order chi connectivity index (χ0) is 13.8. The molecule has 2 amide bonds. The lowest BCUT2D eigenvalue weighted by Crippen LogP contribution is -2.49. The molecule has 19 heavy (non-hydrogen) atoms. The molecule has 6 heteroatoms. The quantitative estimate of drug-likeness (QED) is 0.746. The Morgan fingerprint density at radius 1 is 1.42 bits per heavy atom. The van der Waals surface area contributed by atoms with Crippen LogP contribution < -0.4 is 5.32 Å². The molecule has 1 N–H and O–H groups in total. The number of carbonyl (C=O) groups excluding carboxylic acids is 2. The predicted octanol–water partition coefficient (Wildman–Crippen LogP) is -0.556. The number of amides is 2. The molecule has 6 nitrogen and oxygen atoms in total. The zero-order valence-electron chi connectivity index (χ0n) is 11.7. The molecule has 2 rings (SSSR count). The Balaban J connectivity index is 1.91. The van der Waals surface area contributed by atoms with Crippen LogP contribution >= 0.6 is 0 Å². The molecular formula is C13H23N3O3. The summed E-state index contributed by atoms with van der Waals surface area (Å²) in [6.45, 7) is 2.76. The van der Waals surface area contributed by atoms with Crippen LogP contribution in [0.1, 0.15) is 19.3 Å². The van der Waals surface area contributed by atoms with E-state index >= 15 is 0 Å². The minimum atomic E-state index is -0.271. The minimum Gasteiger partial charge on any atom is -0.378 e. The molecule has 2 unspecified atom stereocenters. The highest BCUT2D eigenvalue weighted by molar-refractivity contribution is 5.88. The Hall–Kier alpha value is -1.14. The third-order valence-corrected chi connectivity index (χ3v) is 3.72. The second-order valence-corrected chi connectivity index (χ2v) is 5.41. The van der Waals surface area contributed by atoms with Gasteiger partial charge in [0.1, 0.15) is 6.04 Å². The third kappa shape index (κ3) is 3.45. The SMILES string of the molecule is CN(C)C(=O)C1CCCN1C(=O)CC1COCCN1. The van der Waals surface area contributed by atoms with Crippen LogP contribution in [0.3, 0.4) is 0 Å². The van der Waals surface area contributed by atoms with E-state index in [1.165, 1.54) is 0 Å². The van der Waals surface area contributed by atoms with E-state index in [0.29, 0.717) is 26.2 Å². The molecule has 0 radical (unpaired) electrons. The van der Waals surface area contributed by atoms with Crippen molar-refractivity contribution in [2.75, 3.05) is 40.4 Å². The van der Waals surface area contributed by atoms with Gasteiger partial charge in [-0.15, -0.1) is 0 Å². The van der Waals surface area contributed by atoms with Gasteiger partial charge in [-0.1, -0.05) is 0 Å². The molecule has 2 aliphatic rings. The first-order valence-corrected chi connectivity index (χ1v) is 6.91. The molecule has 0 aromatic heterocycles. The van der Waals surface area contributed by atoms with Crippen molar-refractivity contribution in [1.82, 2.24) is 15.1 Å². The van der Waals surface area contributed by atoms with Crippen LogP contribution in [0.4, 0.5) is 0 Å². The number of rotatable bonds is 3. The molecule has 0 bridgehead atoms. The van der Waals surface area contributed by atoms with Crippen molar-refractivity contribution in [3.05, 3.63) is 0 Å². The van der Waals surface area contributed by atoms with E-state index in [9.17, 15) is 9.59 Å². The minimum absolute atomic E-state index is 0.0266. The van der Waals surface area contributed by atoms with Crippen LogP contribution in [0.5, 0.6) is 0 Å². The number of nitrogens with zero attached hydrogens (tertiary/aromatic N) is 2. The largest absolute Gasteiger partial charge is 0.378 e. The molecule has 2 saturated heterocycles. The average molecular weight is 269 g/mol. The highest BCUT2D eigenvalue weighted by Gasteiger charge is 2.35. The molecule has 0 aromatic rings. The summed E-state index contributed by atoms with van der Waals surface area (Å²) in [6.07, 6.45) is 2.10. The number of hydrogen-bond acceptors (Lipinski definition) is 4. The molecule has 0 aliphatic carbocycles. The summed E-state index contributed by atoms with van der Waals surface area (Å²) < 4.78 is 5.35. The summed E-state index contributed by atoms with van der Waals surface area (Å²) in [7, 11) is 3.47. The van der Waals surface area contributed by atoms with Crippen LogP contribution in [0.25, 0.3) is 0 Å². The lowest BCUT2D eigenvalue weighted by atomic mass is 10.1. The fourth-order valence-corrected chi connectivity index (χ4v) is 2.70. The van der Waals surface area contributed by atoms with E-state index in [0.717, 1.165) is 19.4 Å². The Labute approximate surface area is 114 Å². The second kappa shape index (κ2) is 6.34. The van der Waals surface area contributed by atoms with Gasteiger partial charge in [-0.05, 0) is 12.8 Å². The van der Waals surface area contributed by atoms with Gasteiger partial charge in [-0.2, -0.15) is 0 Å². The van der Waals surface area contributed by atoms with Crippen molar-refractivity contribution in [2.45, 2.75) is 31.3 Å². The molecule has 108 valence electrons. The van der Waals surface area contributed by atoms with E-state index in [2.05, 4.69) is 5.32 Å². The van der Waals surface area contributed by atoms with E-state index in [4.69, 9.17) is 4.74 Å². The fraction of sp³-hybridized carbons (Fsp3) is 0.846. The normalized spacial score (nSPS) is 27.4. The Kier molecular flexibility index (Phi) is 4.76. The maximum atomic E-state index is 12.3. The number of morpholine rings is 1. The van der Waals surface area contributed by atoms with Gasteiger partial charge in [0, 0.05) is 39.6 Å². The monoisotopic (exact) mass is 269 g/mol. The van der Waals surface area contributed by atoms with E-state index in [-0.39, 0.29) is 23.9 Å². The van der Waals surface area contributed by atoms with Crippen molar-refractivity contribution >= 4 is 11.8 Å². The van der Waals surface area contributed by atoms with Crippen molar-refractivity contribution in [3.63, 3.8) is 0 Å². The molecule has 0 spiro atoms.